The van der Waals surface area contributed by atoms with Crippen LogP contribution in [0.1, 0.15) is 6.42 Å². The lowest BCUT2D eigenvalue weighted by Gasteiger charge is -2.16. The fourth-order valence-electron chi connectivity index (χ4n) is 2.79. The van der Waals surface area contributed by atoms with Gasteiger partial charge < -0.3 is 20.3 Å². The fraction of sp³-hybridized carbons (Fsp3) is 0.353. The average Bonchev–Trinajstić information content (AvgIpc) is 3.26. The number of H-pyrrole nitrogens is 1. The molecule has 8 nitrogen and oxygen atoms in total. The van der Waals surface area contributed by atoms with E-state index in [2.05, 4.69) is 20.8 Å². The first-order chi connectivity index (χ1) is 12.2. The Balaban J connectivity index is 1.64. The number of methoxy groups -OCH3 is 1. The Bertz CT molecular complexity index is 732. The molecule has 1 fully saturated rings. The van der Waals surface area contributed by atoms with Gasteiger partial charge in [0.05, 0.1) is 35.8 Å². The van der Waals surface area contributed by atoms with Gasteiger partial charge in [0.25, 0.3) is 0 Å². The van der Waals surface area contributed by atoms with E-state index in [1.54, 1.807) is 24.4 Å². The highest BCUT2D eigenvalue weighted by atomic mass is 16.5. The summed E-state index contributed by atoms with van der Waals surface area (Å²) in [5, 5.41) is 12.7. The summed E-state index contributed by atoms with van der Waals surface area (Å²) in [6, 6.07) is 7.47. The normalized spacial score (nSPS) is 16.9. The maximum absolute atomic E-state index is 12.6. The van der Waals surface area contributed by atoms with Crippen LogP contribution >= 0.6 is 0 Å². The van der Waals surface area contributed by atoms with Gasteiger partial charge in [0.1, 0.15) is 0 Å². The first kappa shape index (κ1) is 17.0. The third kappa shape index (κ3) is 3.97. The molecule has 2 heterocycles. The van der Waals surface area contributed by atoms with Crippen molar-refractivity contribution >= 4 is 28.9 Å². The van der Waals surface area contributed by atoms with E-state index in [1.807, 2.05) is 24.3 Å². The van der Waals surface area contributed by atoms with Crippen LogP contribution in [0.25, 0.3) is 0 Å². The zero-order chi connectivity index (χ0) is 17.6. The molecule has 1 aromatic heterocycles. The van der Waals surface area contributed by atoms with E-state index in [1.165, 1.54) is 0 Å². The highest BCUT2D eigenvalue weighted by Gasteiger charge is 2.35. The van der Waals surface area contributed by atoms with Crippen molar-refractivity contribution in [3.63, 3.8) is 0 Å². The summed E-state index contributed by atoms with van der Waals surface area (Å²) in [5.74, 6) is -0.636. The summed E-state index contributed by atoms with van der Waals surface area (Å²) >= 11 is 0. The molecule has 3 N–H and O–H groups in total. The van der Waals surface area contributed by atoms with Crippen molar-refractivity contribution in [2.24, 2.45) is 5.92 Å². The second-order valence-corrected chi connectivity index (χ2v) is 5.82. The van der Waals surface area contributed by atoms with Gasteiger partial charge in [-0.2, -0.15) is 5.10 Å². The van der Waals surface area contributed by atoms with Crippen LogP contribution < -0.4 is 15.5 Å². The van der Waals surface area contributed by atoms with Crippen molar-refractivity contribution in [2.75, 3.05) is 42.3 Å². The highest BCUT2D eigenvalue weighted by molar-refractivity contribution is 6.04. The molecule has 8 heteroatoms. The number of aromatic amines is 1. The van der Waals surface area contributed by atoms with Crippen molar-refractivity contribution < 1.29 is 14.3 Å². The summed E-state index contributed by atoms with van der Waals surface area (Å²) in [4.78, 5) is 26.3. The van der Waals surface area contributed by atoms with Gasteiger partial charge in [-0.05, 0) is 12.1 Å². The lowest BCUT2D eigenvalue weighted by atomic mass is 10.1. The minimum absolute atomic E-state index is 0.0759. The molecule has 1 aliphatic rings. The molecule has 0 radical (unpaired) electrons. The van der Waals surface area contributed by atoms with Crippen LogP contribution in [-0.4, -0.2) is 48.8 Å². The van der Waals surface area contributed by atoms with Gasteiger partial charge in [0.15, 0.2) is 0 Å². The summed E-state index contributed by atoms with van der Waals surface area (Å²) in [7, 11) is 1.64. The molecule has 0 spiro atoms. The molecule has 2 aromatic rings. The Morgan fingerprint density at radius 2 is 2.20 bits per heavy atom. The van der Waals surface area contributed by atoms with E-state index in [4.69, 9.17) is 4.74 Å². The van der Waals surface area contributed by atoms with Gasteiger partial charge in [0, 0.05) is 32.8 Å². The monoisotopic (exact) mass is 343 g/mol. The van der Waals surface area contributed by atoms with Crippen molar-refractivity contribution in [1.29, 1.82) is 0 Å². The highest BCUT2D eigenvalue weighted by Crippen LogP contribution is 2.27. The molecule has 2 amide bonds. The first-order valence-electron chi connectivity index (χ1n) is 8.11. The van der Waals surface area contributed by atoms with Gasteiger partial charge in [-0.1, -0.05) is 12.1 Å². The first-order valence-corrected chi connectivity index (χ1v) is 8.11. The Kier molecular flexibility index (Phi) is 5.30. The molecule has 1 saturated heterocycles. The van der Waals surface area contributed by atoms with E-state index in [9.17, 15) is 9.59 Å². The van der Waals surface area contributed by atoms with Crippen molar-refractivity contribution in [3.8, 4) is 0 Å². The number of hydrogen-bond acceptors (Lipinski definition) is 5. The number of carbonyl (C=O) groups is 2. The predicted octanol–water partition coefficient (Wildman–Crippen LogP) is 1.46. The molecule has 1 aliphatic heterocycles. The van der Waals surface area contributed by atoms with Crippen LogP contribution in [0.15, 0.2) is 36.7 Å². The summed E-state index contributed by atoms with van der Waals surface area (Å²) in [5.41, 5.74) is 2.20. The second kappa shape index (κ2) is 7.80. The number of ether oxygens (including phenoxy) is 1. The zero-order valence-electron chi connectivity index (χ0n) is 14.0. The van der Waals surface area contributed by atoms with Crippen molar-refractivity contribution in [1.82, 2.24) is 10.2 Å². The van der Waals surface area contributed by atoms with E-state index in [0.29, 0.717) is 31.1 Å². The summed E-state index contributed by atoms with van der Waals surface area (Å²) < 4.78 is 5.02. The number of carbonyl (C=O) groups excluding carboxylic acids is 2. The van der Waals surface area contributed by atoms with E-state index < -0.39 is 5.92 Å². The quantitative estimate of drug-likeness (QED) is 0.661. The second-order valence-electron chi connectivity index (χ2n) is 5.82. The number of benzene rings is 1. The Hall–Kier alpha value is -2.87. The number of nitrogens with zero attached hydrogens (tertiary/aromatic N) is 2. The molecule has 1 atom stereocenters. The number of nitrogens with one attached hydrogen (secondary N) is 3. The predicted molar refractivity (Wildman–Crippen MR) is 94.5 cm³/mol. The standard InChI is InChI=1S/C17H21N5O3/c1-25-7-6-18-14-4-2-3-5-15(14)21-17(24)12-8-16(23)22(11-12)13-9-19-20-10-13/h2-5,9-10,12,18H,6-8,11H2,1H3,(H,19,20)(H,21,24)/t12-/m1/s1. The number of amides is 2. The van der Waals surface area contributed by atoms with Gasteiger partial charge >= 0.3 is 0 Å². The summed E-state index contributed by atoms with van der Waals surface area (Å²) in [6.45, 7) is 1.56. The van der Waals surface area contributed by atoms with Gasteiger partial charge in [-0.25, -0.2) is 0 Å². The summed E-state index contributed by atoms with van der Waals surface area (Å²) in [6.07, 6.45) is 3.41. The zero-order valence-corrected chi connectivity index (χ0v) is 14.0. The molecular weight excluding hydrogens is 322 g/mol. The minimum Gasteiger partial charge on any atom is -0.383 e. The van der Waals surface area contributed by atoms with Crippen molar-refractivity contribution in [3.05, 3.63) is 36.7 Å². The average molecular weight is 343 g/mol. The Morgan fingerprint density at radius 1 is 1.40 bits per heavy atom. The van der Waals surface area contributed by atoms with Crippen molar-refractivity contribution in [2.45, 2.75) is 6.42 Å². The number of hydrogen-bond donors (Lipinski definition) is 3. The molecule has 0 bridgehead atoms. The molecule has 0 unspecified atom stereocenters. The van der Waals surface area contributed by atoms with Crippen LogP contribution in [0.4, 0.5) is 17.1 Å². The molecule has 0 saturated carbocycles. The van der Waals surface area contributed by atoms with E-state index in [-0.39, 0.29) is 18.2 Å². The molecule has 0 aliphatic carbocycles. The molecule has 25 heavy (non-hydrogen) atoms. The van der Waals surface area contributed by atoms with E-state index in [0.717, 1.165) is 5.69 Å². The number of para-hydroxylation sites is 2. The van der Waals surface area contributed by atoms with Gasteiger partial charge in [-0.15, -0.1) is 0 Å². The number of aromatic nitrogens is 2. The third-order valence-corrected chi connectivity index (χ3v) is 4.10. The topological polar surface area (TPSA) is 99.3 Å². The SMILES string of the molecule is COCCNc1ccccc1NC(=O)[C@@H]1CC(=O)N(c2cn[nH]c2)C1. The minimum atomic E-state index is -0.394. The molecule has 3 rings (SSSR count). The number of rotatable bonds is 7. The van der Waals surface area contributed by atoms with Crippen LogP contribution in [0.3, 0.4) is 0 Å². The van der Waals surface area contributed by atoms with Crippen LogP contribution in [0.5, 0.6) is 0 Å². The largest absolute Gasteiger partial charge is 0.383 e. The van der Waals surface area contributed by atoms with Crippen LogP contribution in [-0.2, 0) is 14.3 Å². The Morgan fingerprint density at radius 3 is 2.92 bits per heavy atom. The van der Waals surface area contributed by atoms with Gasteiger partial charge in [-0.3, -0.25) is 14.7 Å². The van der Waals surface area contributed by atoms with Gasteiger partial charge in [0.2, 0.25) is 11.8 Å². The lowest BCUT2D eigenvalue weighted by molar-refractivity contribution is -0.122. The number of anilines is 3. The fourth-order valence-corrected chi connectivity index (χ4v) is 2.79. The molecule has 1 aromatic carbocycles. The third-order valence-electron chi connectivity index (χ3n) is 4.10. The molecule has 132 valence electrons. The Labute approximate surface area is 145 Å². The van der Waals surface area contributed by atoms with Crippen LogP contribution in [0.2, 0.25) is 0 Å². The van der Waals surface area contributed by atoms with Crippen LogP contribution in [0, 0.1) is 5.92 Å². The molecular formula is C17H21N5O3. The smallest absolute Gasteiger partial charge is 0.229 e. The lowest BCUT2D eigenvalue weighted by Crippen LogP contribution is -2.28. The van der Waals surface area contributed by atoms with E-state index >= 15 is 0 Å². The maximum atomic E-state index is 12.6. The maximum Gasteiger partial charge on any atom is 0.229 e.